The lowest BCUT2D eigenvalue weighted by Gasteiger charge is -2.51. The molecule has 3 amide bonds. The first kappa shape index (κ1) is 21.8. The van der Waals surface area contributed by atoms with Gasteiger partial charge < -0.3 is 19.9 Å². The summed E-state index contributed by atoms with van der Waals surface area (Å²) in [6, 6.07) is 14.5. The van der Waals surface area contributed by atoms with Gasteiger partial charge in [0.15, 0.2) is 0 Å². The van der Waals surface area contributed by atoms with Crippen LogP contribution in [0.5, 0.6) is 5.75 Å². The molecule has 0 radical (unpaired) electrons. The second kappa shape index (κ2) is 9.08. The Morgan fingerprint density at radius 1 is 1.18 bits per heavy atom. The molecule has 174 valence electrons. The average Bonchev–Trinajstić information content (AvgIpc) is 2.84. The number of carbonyl (C=O) groups is 2. The van der Waals surface area contributed by atoms with E-state index in [1.807, 2.05) is 23.1 Å². The molecule has 2 aromatic rings. The highest BCUT2D eigenvalue weighted by Crippen LogP contribution is 2.44. The first-order chi connectivity index (χ1) is 16.1. The molecule has 33 heavy (non-hydrogen) atoms. The SMILES string of the molecule is COc1cc2c(cc1C)[C@H]1C[C@H]3[C@H](CCCN3C(=O)NCCc3ccccc3)C(=O)N1CC2. The van der Waals surface area contributed by atoms with E-state index in [0.717, 1.165) is 50.0 Å². The maximum atomic E-state index is 13.5. The normalized spacial score (nSPS) is 23.9. The van der Waals surface area contributed by atoms with Gasteiger partial charge in [-0.3, -0.25) is 4.79 Å². The highest BCUT2D eigenvalue weighted by Gasteiger charge is 2.48. The lowest BCUT2D eigenvalue weighted by Crippen LogP contribution is -2.61. The van der Waals surface area contributed by atoms with Crippen molar-refractivity contribution in [2.24, 2.45) is 5.92 Å². The molecule has 6 nitrogen and oxygen atoms in total. The Morgan fingerprint density at radius 3 is 2.79 bits per heavy atom. The van der Waals surface area contributed by atoms with Crippen molar-refractivity contribution in [2.75, 3.05) is 26.7 Å². The predicted molar refractivity (Wildman–Crippen MR) is 127 cm³/mol. The maximum absolute atomic E-state index is 13.5. The molecule has 3 heterocycles. The number of hydrogen-bond acceptors (Lipinski definition) is 3. The summed E-state index contributed by atoms with van der Waals surface area (Å²) in [5.41, 5.74) is 4.79. The van der Waals surface area contributed by atoms with Crippen LogP contribution < -0.4 is 10.1 Å². The molecule has 1 N–H and O–H groups in total. The van der Waals surface area contributed by atoms with E-state index in [4.69, 9.17) is 4.74 Å². The van der Waals surface area contributed by atoms with E-state index >= 15 is 0 Å². The van der Waals surface area contributed by atoms with Gasteiger partial charge in [0.25, 0.3) is 0 Å². The van der Waals surface area contributed by atoms with E-state index in [1.54, 1.807) is 7.11 Å². The molecule has 0 unspecified atom stereocenters. The van der Waals surface area contributed by atoms with E-state index in [2.05, 4.69) is 41.4 Å². The van der Waals surface area contributed by atoms with Gasteiger partial charge in [0.05, 0.1) is 19.1 Å². The number of benzene rings is 2. The van der Waals surface area contributed by atoms with Crippen LogP contribution in [0, 0.1) is 12.8 Å². The first-order valence-electron chi connectivity index (χ1n) is 12.1. The third-order valence-corrected chi connectivity index (χ3v) is 7.65. The molecular weight excluding hydrogens is 414 g/mol. The summed E-state index contributed by atoms with van der Waals surface area (Å²) in [5.74, 6) is 1.03. The van der Waals surface area contributed by atoms with Crippen molar-refractivity contribution < 1.29 is 14.3 Å². The summed E-state index contributed by atoms with van der Waals surface area (Å²) < 4.78 is 5.53. The Labute approximate surface area is 195 Å². The molecule has 0 saturated carbocycles. The van der Waals surface area contributed by atoms with Crippen molar-refractivity contribution in [1.29, 1.82) is 0 Å². The number of likely N-dealkylation sites (tertiary alicyclic amines) is 1. The first-order valence-corrected chi connectivity index (χ1v) is 12.1. The summed E-state index contributed by atoms with van der Waals surface area (Å²) in [4.78, 5) is 30.7. The predicted octanol–water partition coefficient (Wildman–Crippen LogP) is 3.87. The van der Waals surface area contributed by atoms with Crippen LogP contribution in [0.1, 0.15) is 47.6 Å². The van der Waals surface area contributed by atoms with Gasteiger partial charge in [-0.2, -0.15) is 0 Å². The van der Waals surface area contributed by atoms with Crippen LogP contribution in [0.25, 0.3) is 0 Å². The zero-order valence-corrected chi connectivity index (χ0v) is 19.5. The van der Waals surface area contributed by atoms with Gasteiger partial charge in [0.2, 0.25) is 5.91 Å². The number of nitrogens with one attached hydrogen (secondary N) is 1. The lowest BCUT2D eigenvalue weighted by molar-refractivity contribution is -0.148. The van der Waals surface area contributed by atoms with Crippen molar-refractivity contribution in [2.45, 2.75) is 51.1 Å². The molecule has 3 aliphatic rings. The molecule has 6 heteroatoms. The zero-order valence-electron chi connectivity index (χ0n) is 19.5. The number of methoxy groups -OCH3 is 1. The molecule has 2 saturated heterocycles. The van der Waals surface area contributed by atoms with Crippen LogP contribution in [0.2, 0.25) is 0 Å². The van der Waals surface area contributed by atoms with Gasteiger partial charge in [-0.25, -0.2) is 4.79 Å². The highest BCUT2D eigenvalue weighted by molar-refractivity contribution is 5.83. The number of amides is 3. The number of rotatable bonds is 4. The fourth-order valence-electron chi connectivity index (χ4n) is 5.97. The lowest BCUT2D eigenvalue weighted by atomic mass is 9.76. The minimum absolute atomic E-state index is 0.0322. The Hall–Kier alpha value is -3.02. The fourth-order valence-corrected chi connectivity index (χ4v) is 5.97. The third-order valence-electron chi connectivity index (χ3n) is 7.65. The van der Waals surface area contributed by atoms with Gasteiger partial charge >= 0.3 is 6.03 Å². The number of carbonyl (C=O) groups excluding carboxylic acids is 2. The van der Waals surface area contributed by atoms with Crippen LogP contribution >= 0.6 is 0 Å². The molecule has 0 aliphatic carbocycles. The minimum Gasteiger partial charge on any atom is -0.496 e. The summed E-state index contributed by atoms with van der Waals surface area (Å²) in [6.07, 6.45) is 4.22. The van der Waals surface area contributed by atoms with E-state index in [0.29, 0.717) is 13.1 Å². The molecule has 3 aliphatic heterocycles. The van der Waals surface area contributed by atoms with Gasteiger partial charge in [0, 0.05) is 25.7 Å². The quantitative estimate of drug-likeness (QED) is 0.774. The largest absolute Gasteiger partial charge is 0.496 e. The third kappa shape index (κ3) is 4.07. The van der Waals surface area contributed by atoms with E-state index in [1.165, 1.54) is 16.7 Å². The Morgan fingerprint density at radius 2 is 2.00 bits per heavy atom. The van der Waals surface area contributed by atoms with Crippen molar-refractivity contribution >= 4 is 11.9 Å². The summed E-state index contributed by atoms with van der Waals surface area (Å²) in [6.45, 7) is 4.11. The van der Waals surface area contributed by atoms with E-state index in [9.17, 15) is 9.59 Å². The molecule has 0 aromatic heterocycles. The van der Waals surface area contributed by atoms with Gasteiger partial charge in [-0.05, 0) is 67.3 Å². The van der Waals surface area contributed by atoms with Crippen molar-refractivity contribution in [3.05, 3.63) is 64.7 Å². The molecule has 2 fully saturated rings. The van der Waals surface area contributed by atoms with Crippen molar-refractivity contribution in [3.63, 3.8) is 0 Å². The number of ether oxygens (including phenoxy) is 1. The second-order valence-corrected chi connectivity index (χ2v) is 9.53. The molecular formula is C27H33N3O3. The number of nitrogens with zero attached hydrogens (tertiary/aromatic N) is 2. The van der Waals surface area contributed by atoms with Crippen molar-refractivity contribution in [1.82, 2.24) is 15.1 Å². The van der Waals surface area contributed by atoms with Crippen LogP contribution in [0.3, 0.4) is 0 Å². The van der Waals surface area contributed by atoms with Crippen LogP contribution in [0.15, 0.2) is 42.5 Å². The van der Waals surface area contributed by atoms with Gasteiger partial charge in [0.1, 0.15) is 5.75 Å². The Bertz CT molecular complexity index is 1040. The average molecular weight is 448 g/mol. The Balaban J connectivity index is 1.34. The zero-order chi connectivity index (χ0) is 22.9. The van der Waals surface area contributed by atoms with Crippen molar-refractivity contribution in [3.8, 4) is 5.75 Å². The smallest absolute Gasteiger partial charge is 0.317 e. The van der Waals surface area contributed by atoms with Crippen LogP contribution in [0.4, 0.5) is 4.79 Å². The number of piperidine rings is 2. The molecule has 0 bridgehead atoms. The molecule has 0 spiro atoms. The van der Waals surface area contributed by atoms with E-state index in [-0.39, 0.29) is 29.9 Å². The summed E-state index contributed by atoms with van der Waals surface area (Å²) in [5, 5.41) is 3.11. The minimum atomic E-state index is -0.0873. The Kier molecular flexibility index (Phi) is 6.00. The maximum Gasteiger partial charge on any atom is 0.317 e. The monoisotopic (exact) mass is 447 g/mol. The van der Waals surface area contributed by atoms with Crippen LogP contribution in [-0.2, 0) is 17.6 Å². The highest BCUT2D eigenvalue weighted by atomic mass is 16.5. The summed E-state index contributed by atoms with van der Waals surface area (Å²) in [7, 11) is 1.70. The second-order valence-electron chi connectivity index (χ2n) is 9.53. The number of aryl methyl sites for hydroxylation is 1. The summed E-state index contributed by atoms with van der Waals surface area (Å²) >= 11 is 0. The van der Waals surface area contributed by atoms with Gasteiger partial charge in [-0.15, -0.1) is 0 Å². The number of hydrogen-bond donors (Lipinski definition) is 1. The van der Waals surface area contributed by atoms with E-state index < -0.39 is 0 Å². The molecule has 5 rings (SSSR count). The topological polar surface area (TPSA) is 61.9 Å². The van der Waals surface area contributed by atoms with Crippen LogP contribution in [-0.4, -0.2) is 54.5 Å². The standard InChI is InChI=1S/C27H33N3O3/c1-18-15-22-20(16-25(18)33-2)11-14-29-24(22)17-23-21(26(29)31)9-6-13-30(23)27(32)28-12-10-19-7-4-3-5-8-19/h3-5,7-8,15-16,21,23-24H,6,9-14,17H2,1-2H3,(H,28,32)/t21-,23-,24+/m0/s1. The molecule has 2 aromatic carbocycles. The number of fused-ring (bicyclic) bond motifs is 4. The fraction of sp³-hybridized carbons (Fsp3) is 0.481. The molecule has 3 atom stereocenters. The number of urea groups is 1. The van der Waals surface area contributed by atoms with Gasteiger partial charge in [-0.1, -0.05) is 36.4 Å².